The van der Waals surface area contributed by atoms with Gasteiger partial charge in [0.25, 0.3) is 0 Å². The van der Waals surface area contributed by atoms with Crippen LogP contribution in [-0.4, -0.2) is 35.0 Å². The molecule has 0 fully saturated rings. The fourth-order valence-corrected chi connectivity index (χ4v) is 3.12. The number of benzene rings is 2. The lowest BCUT2D eigenvalue weighted by Gasteiger charge is -2.21. The number of carbonyl (C=O) groups is 3. The summed E-state index contributed by atoms with van der Waals surface area (Å²) >= 11 is 3.35. The maximum atomic E-state index is 12.7. The minimum atomic E-state index is -1.13. The van der Waals surface area contributed by atoms with Crippen LogP contribution in [0, 0.1) is 0 Å². The third-order valence-electron chi connectivity index (χ3n) is 3.92. The van der Waals surface area contributed by atoms with Gasteiger partial charge in [-0.25, -0.2) is 4.79 Å². The van der Waals surface area contributed by atoms with Crippen molar-refractivity contribution in [3.05, 3.63) is 70.2 Å². The Balaban J connectivity index is 2.11. The Morgan fingerprint density at radius 3 is 2.15 bits per heavy atom. The van der Waals surface area contributed by atoms with Crippen molar-refractivity contribution in [2.24, 2.45) is 0 Å². The third-order valence-corrected chi connectivity index (χ3v) is 4.41. The predicted octanol–water partition coefficient (Wildman–Crippen LogP) is 2.31. The quantitative estimate of drug-likeness (QED) is 0.596. The van der Waals surface area contributed by atoms with Gasteiger partial charge >= 0.3 is 5.97 Å². The largest absolute Gasteiger partial charge is 0.480 e. The van der Waals surface area contributed by atoms with Crippen molar-refractivity contribution in [1.29, 1.82) is 0 Å². The van der Waals surface area contributed by atoms with Gasteiger partial charge in [-0.1, -0.05) is 58.4 Å². The van der Waals surface area contributed by atoms with E-state index in [1.54, 1.807) is 18.2 Å². The van der Waals surface area contributed by atoms with Crippen molar-refractivity contribution in [1.82, 2.24) is 10.6 Å². The molecule has 0 aliphatic carbocycles. The molecule has 7 heteroatoms. The molecule has 2 amide bonds. The van der Waals surface area contributed by atoms with Crippen LogP contribution in [0.5, 0.6) is 0 Å². The second-order valence-electron chi connectivity index (χ2n) is 6.18. The Hall–Kier alpha value is -2.67. The molecule has 0 bridgehead atoms. The number of carboxylic acid groups (broad SMARTS) is 1. The molecule has 0 aromatic heterocycles. The second-order valence-corrected chi connectivity index (χ2v) is 7.09. The number of rotatable bonds is 8. The molecular weight excluding hydrogens is 412 g/mol. The van der Waals surface area contributed by atoms with Gasteiger partial charge in [-0.2, -0.15) is 0 Å². The maximum Gasteiger partial charge on any atom is 0.326 e. The van der Waals surface area contributed by atoms with Crippen molar-refractivity contribution < 1.29 is 19.5 Å². The average Bonchev–Trinajstić information content (AvgIpc) is 2.61. The predicted molar refractivity (Wildman–Crippen MR) is 105 cm³/mol. The summed E-state index contributed by atoms with van der Waals surface area (Å²) in [6, 6.07) is 14.5. The summed E-state index contributed by atoms with van der Waals surface area (Å²) in [5, 5.41) is 14.6. The topological polar surface area (TPSA) is 95.5 Å². The van der Waals surface area contributed by atoms with Crippen LogP contribution in [0.2, 0.25) is 0 Å². The van der Waals surface area contributed by atoms with Gasteiger partial charge < -0.3 is 15.7 Å². The van der Waals surface area contributed by atoms with Gasteiger partial charge in [0.15, 0.2) is 0 Å². The Morgan fingerprint density at radius 1 is 0.926 bits per heavy atom. The van der Waals surface area contributed by atoms with Gasteiger partial charge in [0.1, 0.15) is 12.1 Å². The van der Waals surface area contributed by atoms with E-state index in [0.29, 0.717) is 0 Å². The number of nitrogens with one attached hydrogen (secondary N) is 2. The highest BCUT2D eigenvalue weighted by molar-refractivity contribution is 9.10. The van der Waals surface area contributed by atoms with E-state index >= 15 is 0 Å². The van der Waals surface area contributed by atoms with Gasteiger partial charge in [-0.3, -0.25) is 9.59 Å². The highest BCUT2D eigenvalue weighted by Crippen LogP contribution is 2.13. The Bertz CT molecular complexity index is 811. The van der Waals surface area contributed by atoms with E-state index < -0.39 is 24.0 Å². The summed E-state index contributed by atoms with van der Waals surface area (Å²) in [5.74, 6) is -2.02. The molecule has 3 N–H and O–H groups in total. The van der Waals surface area contributed by atoms with E-state index in [9.17, 15) is 19.5 Å². The normalized spacial score (nSPS) is 12.7. The zero-order valence-electron chi connectivity index (χ0n) is 14.8. The summed E-state index contributed by atoms with van der Waals surface area (Å²) < 4.78 is 0.829. The molecule has 0 saturated carbocycles. The lowest BCUT2D eigenvalue weighted by Crippen LogP contribution is -2.52. The Morgan fingerprint density at radius 2 is 1.56 bits per heavy atom. The van der Waals surface area contributed by atoms with Crippen LogP contribution in [-0.2, 0) is 27.2 Å². The molecule has 2 rings (SSSR count). The van der Waals surface area contributed by atoms with Crippen molar-refractivity contribution in [3.8, 4) is 0 Å². The SMILES string of the molecule is CC(=O)N[C@H](Cc1ccccc1)C(=O)N[C@@H](Cc1cccc(Br)c1)C(=O)O. The zero-order chi connectivity index (χ0) is 19.8. The molecule has 0 heterocycles. The molecule has 0 unspecified atom stereocenters. The number of amides is 2. The van der Waals surface area contributed by atoms with Crippen molar-refractivity contribution >= 4 is 33.7 Å². The molecule has 2 atom stereocenters. The molecule has 0 aliphatic heterocycles. The molecular formula is C20H21BrN2O4. The monoisotopic (exact) mass is 432 g/mol. The number of hydrogen-bond acceptors (Lipinski definition) is 3. The van der Waals surface area contributed by atoms with E-state index in [1.807, 2.05) is 36.4 Å². The van der Waals surface area contributed by atoms with Gasteiger partial charge in [0, 0.05) is 24.2 Å². The molecule has 0 radical (unpaired) electrons. The minimum absolute atomic E-state index is 0.138. The van der Waals surface area contributed by atoms with Gasteiger partial charge in [-0.15, -0.1) is 0 Å². The van der Waals surface area contributed by atoms with Gasteiger partial charge in [0.2, 0.25) is 11.8 Å². The Kier molecular flexibility index (Phi) is 7.55. The average molecular weight is 433 g/mol. The fourth-order valence-electron chi connectivity index (χ4n) is 2.68. The van der Waals surface area contributed by atoms with Gasteiger partial charge in [0.05, 0.1) is 0 Å². The van der Waals surface area contributed by atoms with Crippen LogP contribution in [0.4, 0.5) is 0 Å². The van der Waals surface area contributed by atoms with Crippen LogP contribution in [0.1, 0.15) is 18.1 Å². The summed E-state index contributed by atoms with van der Waals surface area (Å²) in [4.78, 5) is 35.8. The van der Waals surface area contributed by atoms with E-state index in [2.05, 4.69) is 26.6 Å². The minimum Gasteiger partial charge on any atom is -0.480 e. The lowest BCUT2D eigenvalue weighted by atomic mass is 10.0. The van der Waals surface area contributed by atoms with Crippen LogP contribution in [0.3, 0.4) is 0 Å². The number of aliphatic carboxylic acids is 1. The molecule has 2 aromatic rings. The van der Waals surface area contributed by atoms with E-state index in [0.717, 1.165) is 15.6 Å². The summed E-state index contributed by atoms with van der Waals surface area (Å²) in [6.45, 7) is 1.32. The molecule has 27 heavy (non-hydrogen) atoms. The summed E-state index contributed by atoms with van der Waals surface area (Å²) in [7, 11) is 0. The van der Waals surface area contributed by atoms with Crippen molar-refractivity contribution in [2.75, 3.05) is 0 Å². The van der Waals surface area contributed by atoms with Crippen LogP contribution < -0.4 is 10.6 Å². The summed E-state index contributed by atoms with van der Waals surface area (Å²) in [5.41, 5.74) is 1.64. The molecule has 0 spiro atoms. The summed E-state index contributed by atoms with van der Waals surface area (Å²) in [6.07, 6.45) is 0.411. The van der Waals surface area contributed by atoms with Crippen molar-refractivity contribution in [2.45, 2.75) is 31.8 Å². The molecule has 0 saturated heterocycles. The first kappa shape index (κ1) is 20.6. The highest BCUT2D eigenvalue weighted by Gasteiger charge is 2.26. The molecule has 6 nitrogen and oxygen atoms in total. The first-order chi connectivity index (χ1) is 12.8. The van der Waals surface area contributed by atoms with Crippen LogP contribution in [0.25, 0.3) is 0 Å². The third kappa shape index (κ3) is 6.86. The number of carbonyl (C=O) groups excluding carboxylic acids is 2. The zero-order valence-corrected chi connectivity index (χ0v) is 16.4. The van der Waals surface area contributed by atoms with E-state index in [1.165, 1.54) is 6.92 Å². The fraction of sp³-hybridized carbons (Fsp3) is 0.250. The first-order valence-corrected chi connectivity index (χ1v) is 9.23. The van der Waals surface area contributed by atoms with E-state index in [4.69, 9.17) is 0 Å². The highest BCUT2D eigenvalue weighted by atomic mass is 79.9. The maximum absolute atomic E-state index is 12.7. The smallest absolute Gasteiger partial charge is 0.326 e. The molecule has 2 aromatic carbocycles. The van der Waals surface area contributed by atoms with Crippen LogP contribution >= 0.6 is 15.9 Å². The Labute approximate surface area is 166 Å². The first-order valence-electron chi connectivity index (χ1n) is 8.44. The number of halogens is 1. The second kappa shape index (κ2) is 9.87. The van der Waals surface area contributed by atoms with Crippen LogP contribution in [0.15, 0.2) is 59.1 Å². The van der Waals surface area contributed by atoms with Gasteiger partial charge in [-0.05, 0) is 23.3 Å². The number of carboxylic acids is 1. The lowest BCUT2D eigenvalue weighted by molar-refractivity contribution is -0.142. The van der Waals surface area contributed by atoms with E-state index in [-0.39, 0.29) is 18.7 Å². The molecule has 142 valence electrons. The van der Waals surface area contributed by atoms with Crippen molar-refractivity contribution in [3.63, 3.8) is 0 Å². The standard InChI is InChI=1S/C20H21BrN2O4/c1-13(24)22-17(11-14-6-3-2-4-7-14)19(25)23-18(20(26)27)12-15-8-5-9-16(21)10-15/h2-10,17-18H,11-12H2,1H3,(H,22,24)(H,23,25)(H,26,27)/t17-,18+/m1/s1. The number of hydrogen-bond donors (Lipinski definition) is 3. The molecule has 0 aliphatic rings.